The second-order valence-corrected chi connectivity index (χ2v) is 3.06. The van der Waals surface area contributed by atoms with Gasteiger partial charge in [-0.15, -0.1) is 0 Å². The maximum Gasteiger partial charge on any atom is 0.180 e. The van der Waals surface area contributed by atoms with E-state index in [9.17, 15) is 4.79 Å². The summed E-state index contributed by atoms with van der Waals surface area (Å²) in [6.07, 6.45) is 4.09. The molecule has 0 amide bonds. The quantitative estimate of drug-likeness (QED) is 0.537. The topological polar surface area (TPSA) is 68.0 Å². The normalized spacial score (nSPS) is 10.1. The molecular weight excluding hydrogens is 178 g/mol. The summed E-state index contributed by atoms with van der Waals surface area (Å²) in [6.45, 7) is 3.21. The van der Waals surface area contributed by atoms with Crippen molar-refractivity contribution in [1.82, 2.24) is 10.3 Å². The molecule has 0 radical (unpaired) electrons. The summed E-state index contributed by atoms with van der Waals surface area (Å²) >= 11 is 0. The molecule has 1 aromatic heterocycles. The van der Waals surface area contributed by atoms with Gasteiger partial charge < -0.3 is 11.1 Å². The number of Topliss-reactive ketones (excluding diaryl/α,β-unsaturated/α-hetero) is 1. The molecule has 4 heteroatoms. The highest BCUT2D eigenvalue weighted by Gasteiger charge is 2.08. The fourth-order valence-electron chi connectivity index (χ4n) is 1.11. The highest BCUT2D eigenvalue weighted by molar-refractivity contribution is 6.01. The highest BCUT2D eigenvalue weighted by atomic mass is 16.1. The molecule has 0 aliphatic carbocycles. The molecule has 76 valence electrons. The van der Waals surface area contributed by atoms with Gasteiger partial charge in [-0.2, -0.15) is 0 Å². The maximum absolute atomic E-state index is 11.6. The Kier molecular flexibility index (Phi) is 4.07. The van der Waals surface area contributed by atoms with E-state index in [1.165, 1.54) is 6.20 Å². The first-order chi connectivity index (χ1) is 6.75. The molecule has 0 aromatic carbocycles. The van der Waals surface area contributed by atoms with Gasteiger partial charge in [0.1, 0.15) is 0 Å². The molecule has 0 saturated heterocycles. The Bertz CT molecular complexity index is 312. The molecule has 0 atom stereocenters. The number of carbonyl (C=O) groups is 1. The molecule has 1 aromatic rings. The molecule has 0 bridgehead atoms. The van der Waals surface area contributed by atoms with Crippen LogP contribution in [0, 0.1) is 0 Å². The van der Waals surface area contributed by atoms with Crippen molar-refractivity contribution in [2.75, 3.05) is 18.8 Å². The smallest absolute Gasteiger partial charge is 0.180 e. The monoisotopic (exact) mass is 193 g/mol. The average molecular weight is 193 g/mol. The Hall–Kier alpha value is -1.42. The third kappa shape index (κ3) is 2.81. The van der Waals surface area contributed by atoms with Gasteiger partial charge in [0, 0.05) is 18.1 Å². The molecule has 0 aliphatic heterocycles. The van der Waals surface area contributed by atoms with Crippen molar-refractivity contribution in [3.63, 3.8) is 0 Å². The Morgan fingerprint density at radius 2 is 2.43 bits per heavy atom. The van der Waals surface area contributed by atoms with Crippen LogP contribution >= 0.6 is 0 Å². The lowest BCUT2D eigenvalue weighted by molar-refractivity contribution is 0.0992. The van der Waals surface area contributed by atoms with Crippen LogP contribution in [0.1, 0.15) is 23.7 Å². The lowest BCUT2D eigenvalue weighted by Crippen LogP contribution is -2.24. The van der Waals surface area contributed by atoms with E-state index >= 15 is 0 Å². The zero-order valence-corrected chi connectivity index (χ0v) is 8.29. The number of nitrogen functional groups attached to an aromatic ring is 1. The number of pyridine rings is 1. The second kappa shape index (κ2) is 5.34. The first-order valence-corrected chi connectivity index (χ1v) is 4.69. The minimum Gasteiger partial charge on any atom is -0.398 e. The molecule has 1 rings (SSSR count). The zero-order chi connectivity index (χ0) is 10.4. The SMILES string of the molecule is CCCNCC(=O)c1cnccc1N. The minimum absolute atomic E-state index is 0.0101. The highest BCUT2D eigenvalue weighted by Crippen LogP contribution is 2.08. The van der Waals surface area contributed by atoms with Crippen molar-refractivity contribution in [3.05, 3.63) is 24.0 Å². The molecule has 0 spiro atoms. The molecular formula is C10H15N3O. The predicted octanol–water partition coefficient (Wildman–Crippen LogP) is 0.846. The Morgan fingerprint density at radius 1 is 1.64 bits per heavy atom. The molecule has 0 saturated carbocycles. The van der Waals surface area contributed by atoms with Crippen LogP contribution in [-0.2, 0) is 0 Å². The third-order valence-corrected chi connectivity index (χ3v) is 1.87. The van der Waals surface area contributed by atoms with Crippen molar-refractivity contribution in [1.29, 1.82) is 0 Å². The summed E-state index contributed by atoms with van der Waals surface area (Å²) < 4.78 is 0. The van der Waals surface area contributed by atoms with Gasteiger partial charge in [0.25, 0.3) is 0 Å². The number of rotatable bonds is 5. The van der Waals surface area contributed by atoms with E-state index < -0.39 is 0 Å². The second-order valence-electron chi connectivity index (χ2n) is 3.06. The van der Waals surface area contributed by atoms with Crippen LogP contribution in [0.4, 0.5) is 5.69 Å². The van der Waals surface area contributed by atoms with E-state index in [4.69, 9.17) is 5.73 Å². The van der Waals surface area contributed by atoms with Gasteiger partial charge in [-0.1, -0.05) is 6.92 Å². The van der Waals surface area contributed by atoms with Gasteiger partial charge in [0.2, 0.25) is 0 Å². The number of hydrogen-bond acceptors (Lipinski definition) is 4. The van der Waals surface area contributed by atoms with Crippen LogP contribution in [0.15, 0.2) is 18.5 Å². The number of anilines is 1. The van der Waals surface area contributed by atoms with Crippen molar-refractivity contribution >= 4 is 11.5 Å². The van der Waals surface area contributed by atoms with Gasteiger partial charge in [-0.05, 0) is 19.0 Å². The first kappa shape index (κ1) is 10.7. The van der Waals surface area contributed by atoms with E-state index in [1.807, 2.05) is 0 Å². The van der Waals surface area contributed by atoms with Crippen LogP contribution in [-0.4, -0.2) is 23.9 Å². The van der Waals surface area contributed by atoms with Crippen molar-refractivity contribution < 1.29 is 4.79 Å². The van der Waals surface area contributed by atoms with Crippen LogP contribution < -0.4 is 11.1 Å². The van der Waals surface area contributed by atoms with E-state index in [0.29, 0.717) is 17.8 Å². The molecule has 4 nitrogen and oxygen atoms in total. The molecule has 0 fully saturated rings. The Morgan fingerprint density at radius 3 is 3.07 bits per heavy atom. The van der Waals surface area contributed by atoms with Gasteiger partial charge in [0.05, 0.1) is 12.1 Å². The van der Waals surface area contributed by atoms with Gasteiger partial charge in [0.15, 0.2) is 5.78 Å². The fourth-order valence-corrected chi connectivity index (χ4v) is 1.11. The summed E-state index contributed by atoms with van der Waals surface area (Å²) in [4.78, 5) is 15.4. The van der Waals surface area contributed by atoms with Crippen LogP contribution in [0.25, 0.3) is 0 Å². The first-order valence-electron chi connectivity index (χ1n) is 4.69. The van der Waals surface area contributed by atoms with Gasteiger partial charge >= 0.3 is 0 Å². The minimum atomic E-state index is -0.0101. The number of aromatic nitrogens is 1. The molecule has 0 unspecified atom stereocenters. The number of ketones is 1. The van der Waals surface area contributed by atoms with Gasteiger partial charge in [-0.25, -0.2) is 0 Å². The predicted molar refractivity (Wildman–Crippen MR) is 56.1 cm³/mol. The molecule has 3 N–H and O–H groups in total. The number of hydrogen-bond donors (Lipinski definition) is 2. The Labute approximate surface area is 83.5 Å². The van der Waals surface area contributed by atoms with E-state index in [1.54, 1.807) is 12.3 Å². The van der Waals surface area contributed by atoms with E-state index in [0.717, 1.165) is 13.0 Å². The molecule has 1 heterocycles. The van der Waals surface area contributed by atoms with Crippen molar-refractivity contribution in [2.45, 2.75) is 13.3 Å². The zero-order valence-electron chi connectivity index (χ0n) is 8.29. The number of nitrogens with two attached hydrogens (primary N) is 1. The fraction of sp³-hybridized carbons (Fsp3) is 0.400. The third-order valence-electron chi connectivity index (χ3n) is 1.87. The summed E-state index contributed by atoms with van der Waals surface area (Å²) in [7, 11) is 0. The lowest BCUT2D eigenvalue weighted by atomic mass is 10.1. The standard InChI is InChI=1S/C10H15N3O/c1-2-4-12-7-10(14)8-6-13-5-3-9(8)11/h3,5-6,12H,2,4,7H2,1H3,(H2,11,13). The maximum atomic E-state index is 11.6. The van der Waals surface area contributed by atoms with E-state index in [2.05, 4.69) is 17.2 Å². The summed E-state index contributed by atoms with van der Waals surface area (Å²) in [5, 5.41) is 3.03. The molecule has 14 heavy (non-hydrogen) atoms. The molecule has 0 aliphatic rings. The number of carbonyl (C=O) groups excluding carboxylic acids is 1. The summed E-state index contributed by atoms with van der Waals surface area (Å²) in [5.41, 5.74) is 6.62. The summed E-state index contributed by atoms with van der Waals surface area (Å²) in [6, 6.07) is 1.63. The largest absolute Gasteiger partial charge is 0.398 e. The number of nitrogens with zero attached hydrogens (tertiary/aromatic N) is 1. The number of nitrogens with one attached hydrogen (secondary N) is 1. The van der Waals surface area contributed by atoms with Crippen LogP contribution in [0.2, 0.25) is 0 Å². The van der Waals surface area contributed by atoms with Crippen LogP contribution in [0.3, 0.4) is 0 Å². The van der Waals surface area contributed by atoms with Crippen LogP contribution in [0.5, 0.6) is 0 Å². The lowest BCUT2D eigenvalue weighted by Gasteiger charge is -2.04. The van der Waals surface area contributed by atoms with Crippen molar-refractivity contribution in [2.24, 2.45) is 0 Å². The van der Waals surface area contributed by atoms with Gasteiger partial charge in [-0.3, -0.25) is 9.78 Å². The summed E-state index contributed by atoms with van der Waals surface area (Å²) in [5.74, 6) is -0.0101. The Balaban J connectivity index is 2.56. The average Bonchev–Trinajstić information content (AvgIpc) is 2.18. The van der Waals surface area contributed by atoms with Crippen molar-refractivity contribution in [3.8, 4) is 0 Å². The van der Waals surface area contributed by atoms with E-state index in [-0.39, 0.29) is 5.78 Å².